The van der Waals surface area contributed by atoms with Gasteiger partial charge in [-0.3, -0.25) is 4.72 Å². The molecule has 8 heteroatoms. The molecule has 0 bridgehead atoms. The summed E-state index contributed by atoms with van der Waals surface area (Å²) >= 11 is 0. The minimum atomic E-state index is -3.89. The molecule has 7 nitrogen and oxygen atoms in total. The van der Waals surface area contributed by atoms with Gasteiger partial charge < -0.3 is 14.0 Å². The van der Waals surface area contributed by atoms with E-state index in [4.69, 9.17) is 9.47 Å². The van der Waals surface area contributed by atoms with Crippen molar-refractivity contribution in [1.29, 1.82) is 0 Å². The molecule has 0 atom stereocenters. The van der Waals surface area contributed by atoms with Crippen molar-refractivity contribution in [1.82, 2.24) is 4.57 Å². The third kappa shape index (κ3) is 3.96. The molecule has 136 valence electrons. The Bertz CT molecular complexity index is 871. The molecule has 0 aliphatic carbocycles. The van der Waals surface area contributed by atoms with Crippen LogP contribution in [-0.2, 0) is 21.8 Å². The van der Waals surface area contributed by atoms with Gasteiger partial charge in [0.05, 0.1) is 18.9 Å². The van der Waals surface area contributed by atoms with Gasteiger partial charge in [-0.25, -0.2) is 13.2 Å². The van der Waals surface area contributed by atoms with Gasteiger partial charge in [-0.2, -0.15) is 0 Å². The number of esters is 1. The van der Waals surface area contributed by atoms with Gasteiger partial charge in [0.1, 0.15) is 16.3 Å². The Morgan fingerprint density at radius 1 is 1.20 bits per heavy atom. The topological polar surface area (TPSA) is 86.6 Å². The predicted molar refractivity (Wildman–Crippen MR) is 94.5 cm³/mol. The first-order valence-electron chi connectivity index (χ1n) is 7.89. The third-order valence-corrected chi connectivity index (χ3v) is 5.18. The second kappa shape index (κ2) is 7.60. The molecular formula is C17H22N2O5S. The number of nitrogens with zero attached hydrogens (tertiary/aromatic N) is 1. The van der Waals surface area contributed by atoms with E-state index < -0.39 is 16.0 Å². The van der Waals surface area contributed by atoms with Gasteiger partial charge in [-0.05, 0) is 39.0 Å². The van der Waals surface area contributed by atoms with Crippen LogP contribution in [0.15, 0.2) is 35.2 Å². The molecular weight excluding hydrogens is 344 g/mol. The van der Waals surface area contributed by atoms with E-state index in [0.29, 0.717) is 23.7 Å². The average Bonchev–Trinajstić information content (AvgIpc) is 2.86. The van der Waals surface area contributed by atoms with Gasteiger partial charge in [0.2, 0.25) is 0 Å². The van der Waals surface area contributed by atoms with Crippen molar-refractivity contribution in [3.63, 3.8) is 0 Å². The predicted octanol–water partition coefficient (Wildman–Crippen LogP) is 2.71. The number of rotatable bonds is 7. The fourth-order valence-electron chi connectivity index (χ4n) is 2.38. The molecule has 2 rings (SSSR count). The number of aromatic nitrogens is 1. The molecule has 1 aromatic heterocycles. The maximum atomic E-state index is 12.8. The Balaban J connectivity index is 2.41. The van der Waals surface area contributed by atoms with E-state index in [2.05, 4.69) is 4.72 Å². The van der Waals surface area contributed by atoms with Crippen molar-refractivity contribution in [3.8, 4) is 5.75 Å². The van der Waals surface area contributed by atoms with Gasteiger partial charge in [-0.15, -0.1) is 0 Å². The second-order valence-electron chi connectivity index (χ2n) is 5.29. The summed E-state index contributed by atoms with van der Waals surface area (Å²) in [6.45, 7) is 5.77. The lowest BCUT2D eigenvalue weighted by Gasteiger charge is -2.12. The van der Waals surface area contributed by atoms with Gasteiger partial charge in [0, 0.05) is 12.7 Å². The van der Waals surface area contributed by atoms with Gasteiger partial charge in [-0.1, -0.05) is 12.1 Å². The zero-order valence-corrected chi connectivity index (χ0v) is 15.5. The van der Waals surface area contributed by atoms with E-state index in [1.54, 1.807) is 45.2 Å². The third-order valence-electron chi connectivity index (χ3n) is 3.69. The lowest BCUT2D eigenvalue weighted by molar-refractivity contribution is 0.0515. The van der Waals surface area contributed by atoms with Crippen LogP contribution in [0.3, 0.4) is 0 Å². The van der Waals surface area contributed by atoms with E-state index >= 15 is 0 Å². The summed E-state index contributed by atoms with van der Waals surface area (Å²) in [4.78, 5) is 12.0. The largest absolute Gasteiger partial charge is 0.492 e. The molecule has 0 aliphatic rings. The number of benzene rings is 1. The summed E-state index contributed by atoms with van der Waals surface area (Å²) in [6.07, 6.45) is 0. The van der Waals surface area contributed by atoms with E-state index in [-0.39, 0.29) is 17.2 Å². The zero-order valence-electron chi connectivity index (χ0n) is 14.7. The fourth-order valence-corrected chi connectivity index (χ4v) is 3.74. The summed E-state index contributed by atoms with van der Waals surface area (Å²) in [6, 6.07) is 8.09. The van der Waals surface area contributed by atoms with Crippen LogP contribution in [-0.4, -0.2) is 32.2 Å². The quantitative estimate of drug-likeness (QED) is 0.762. The molecule has 0 fully saturated rings. The molecule has 0 spiro atoms. The number of para-hydroxylation sites is 2. The minimum absolute atomic E-state index is 0.0179. The number of hydrogen-bond acceptors (Lipinski definition) is 5. The van der Waals surface area contributed by atoms with Gasteiger partial charge >= 0.3 is 5.97 Å². The van der Waals surface area contributed by atoms with Crippen molar-refractivity contribution >= 4 is 21.7 Å². The maximum Gasteiger partial charge on any atom is 0.354 e. The first-order valence-corrected chi connectivity index (χ1v) is 9.38. The Kier molecular flexibility index (Phi) is 5.73. The van der Waals surface area contributed by atoms with Crippen LogP contribution in [0.2, 0.25) is 0 Å². The number of sulfonamides is 1. The molecule has 1 N–H and O–H groups in total. The molecule has 0 radical (unpaired) electrons. The highest BCUT2D eigenvalue weighted by molar-refractivity contribution is 7.92. The summed E-state index contributed by atoms with van der Waals surface area (Å²) in [5.41, 5.74) is 0.951. The summed E-state index contributed by atoms with van der Waals surface area (Å²) in [5.74, 6) is -0.128. The standard InChI is InChI=1S/C17H22N2O5S/c1-5-23-15-10-8-7-9-13(15)18-25(21,22)16-11-14(17(20)24-6-2)19(4)12(16)3/h7-11,18H,5-6H2,1-4H3. The SMILES string of the molecule is CCOC(=O)c1cc(S(=O)(=O)Nc2ccccc2OCC)c(C)n1C. The number of carbonyl (C=O) groups excluding carboxylic acids is 1. The second-order valence-corrected chi connectivity index (χ2v) is 6.94. The highest BCUT2D eigenvalue weighted by atomic mass is 32.2. The van der Waals surface area contributed by atoms with Crippen LogP contribution in [0.4, 0.5) is 5.69 Å². The molecule has 25 heavy (non-hydrogen) atoms. The van der Waals surface area contributed by atoms with Crippen molar-refractivity contribution in [2.45, 2.75) is 25.7 Å². The zero-order chi connectivity index (χ0) is 18.6. The maximum absolute atomic E-state index is 12.8. The number of ether oxygens (including phenoxy) is 2. The molecule has 0 aliphatic heterocycles. The minimum Gasteiger partial charge on any atom is -0.492 e. The first kappa shape index (κ1) is 18.9. The number of nitrogens with one attached hydrogen (secondary N) is 1. The fraction of sp³-hybridized carbons (Fsp3) is 0.353. The lowest BCUT2D eigenvalue weighted by atomic mass is 10.3. The van der Waals surface area contributed by atoms with Crippen LogP contribution >= 0.6 is 0 Å². The van der Waals surface area contributed by atoms with Crippen molar-refractivity contribution in [2.24, 2.45) is 7.05 Å². The Morgan fingerprint density at radius 2 is 1.88 bits per heavy atom. The first-order chi connectivity index (χ1) is 11.8. The van der Waals surface area contributed by atoms with Crippen LogP contribution < -0.4 is 9.46 Å². The average molecular weight is 366 g/mol. The molecule has 2 aromatic rings. The highest BCUT2D eigenvalue weighted by Crippen LogP contribution is 2.28. The Hall–Kier alpha value is -2.48. The number of hydrogen-bond donors (Lipinski definition) is 1. The van der Waals surface area contributed by atoms with E-state index in [0.717, 1.165) is 0 Å². The molecule has 0 saturated heterocycles. The van der Waals surface area contributed by atoms with Crippen LogP contribution in [0.1, 0.15) is 30.0 Å². The van der Waals surface area contributed by atoms with Crippen LogP contribution in [0, 0.1) is 6.92 Å². The lowest BCUT2D eigenvalue weighted by Crippen LogP contribution is -2.14. The molecule has 0 saturated carbocycles. The summed E-state index contributed by atoms with van der Waals surface area (Å²) in [5, 5.41) is 0. The molecule has 1 heterocycles. The highest BCUT2D eigenvalue weighted by Gasteiger charge is 2.25. The number of anilines is 1. The van der Waals surface area contributed by atoms with Gasteiger partial charge in [0.25, 0.3) is 10.0 Å². The molecule has 0 amide bonds. The van der Waals surface area contributed by atoms with Crippen molar-refractivity contribution in [2.75, 3.05) is 17.9 Å². The van der Waals surface area contributed by atoms with Crippen LogP contribution in [0.5, 0.6) is 5.75 Å². The van der Waals surface area contributed by atoms with E-state index in [1.807, 2.05) is 6.92 Å². The van der Waals surface area contributed by atoms with E-state index in [1.165, 1.54) is 10.6 Å². The number of carbonyl (C=O) groups is 1. The molecule has 0 unspecified atom stereocenters. The smallest absolute Gasteiger partial charge is 0.354 e. The Morgan fingerprint density at radius 3 is 2.52 bits per heavy atom. The monoisotopic (exact) mass is 366 g/mol. The van der Waals surface area contributed by atoms with Gasteiger partial charge in [0.15, 0.2) is 0 Å². The van der Waals surface area contributed by atoms with Crippen molar-refractivity contribution < 1.29 is 22.7 Å². The normalized spacial score (nSPS) is 11.2. The molecule has 1 aromatic carbocycles. The van der Waals surface area contributed by atoms with Crippen molar-refractivity contribution in [3.05, 3.63) is 41.7 Å². The summed E-state index contributed by atoms with van der Waals surface area (Å²) < 4.78 is 40.0. The Labute approximate surface area is 147 Å². The summed E-state index contributed by atoms with van der Waals surface area (Å²) in [7, 11) is -2.27. The van der Waals surface area contributed by atoms with E-state index in [9.17, 15) is 13.2 Å². The van der Waals surface area contributed by atoms with Crippen LogP contribution in [0.25, 0.3) is 0 Å².